The van der Waals surface area contributed by atoms with Crippen LogP contribution in [0.3, 0.4) is 0 Å². The molecule has 1 fully saturated rings. The smallest absolute Gasteiger partial charge is 0.0831 e. The van der Waals surface area contributed by atoms with E-state index in [1.54, 1.807) is 12.4 Å². The van der Waals surface area contributed by atoms with Gasteiger partial charge in [-0.1, -0.05) is 26.7 Å². The maximum atomic E-state index is 5.87. The van der Waals surface area contributed by atoms with E-state index in [-0.39, 0.29) is 11.6 Å². The second-order valence-electron chi connectivity index (χ2n) is 5.21. The summed E-state index contributed by atoms with van der Waals surface area (Å²) in [6.45, 7) is 6.51. The Labute approximate surface area is 115 Å². The van der Waals surface area contributed by atoms with Crippen molar-refractivity contribution in [1.82, 2.24) is 20.3 Å². The van der Waals surface area contributed by atoms with Gasteiger partial charge in [0.15, 0.2) is 0 Å². The first kappa shape index (κ1) is 14.4. The SMILES string of the molecule is CCN(CC)C1(C(NN)c2cnccn2)CCCC1. The van der Waals surface area contributed by atoms with Gasteiger partial charge in [0.1, 0.15) is 0 Å². The highest BCUT2D eigenvalue weighted by Gasteiger charge is 2.45. The first-order chi connectivity index (χ1) is 9.28. The maximum absolute atomic E-state index is 5.87. The van der Waals surface area contributed by atoms with Gasteiger partial charge < -0.3 is 0 Å². The Kier molecular flexibility index (Phi) is 4.85. The summed E-state index contributed by atoms with van der Waals surface area (Å²) in [4.78, 5) is 11.2. The van der Waals surface area contributed by atoms with Crippen molar-refractivity contribution >= 4 is 0 Å². The normalized spacial score (nSPS) is 19.8. The molecule has 1 saturated carbocycles. The number of nitrogens with zero attached hydrogens (tertiary/aromatic N) is 3. The molecule has 5 nitrogen and oxygen atoms in total. The molecule has 1 aliphatic carbocycles. The van der Waals surface area contributed by atoms with Gasteiger partial charge in [0.25, 0.3) is 0 Å². The average molecular weight is 263 g/mol. The van der Waals surface area contributed by atoms with E-state index < -0.39 is 0 Å². The number of hydrogen-bond acceptors (Lipinski definition) is 5. The highest BCUT2D eigenvalue weighted by Crippen LogP contribution is 2.43. The molecule has 0 aliphatic heterocycles. The molecule has 106 valence electrons. The lowest BCUT2D eigenvalue weighted by Crippen LogP contribution is -2.56. The van der Waals surface area contributed by atoms with Gasteiger partial charge >= 0.3 is 0 Å². The Balaban J connectivity index is 2.36. The van der Waals surface area contributed by atoms with Gasteiger partial charge in [-0.2, -0.15) is 0 Å². The van der Waals surface area contributed by atoms with Gasteiger partial charge in [0, 0.05) is 17.9 Å². The lowest BCUT2D eigenvalue weighted by atomic mass is 9.84. The standard InChI is InChI=1S/C14H25N5/c1-3-19(4-2)14(7-5-6-8-14)13(18-15)12-11-16-9-10-17-12/h9-11,13,18H,3-8,15H2,1-2H3. The molecule has 0 amide bonds. The molecule has 0 saturated heterocycles. The van der Waals surface area contributed by atoms with Crippen LogP contribution in [-0.2, 0) is 0 Å². The third kappa shape index (κ3) is 2.63. The van der Waals surface area contributed by atoms with Crippen LogP contribution in [-0.4, -0.2) is 33.5 Å². The van der Waals surface area contributed by atoms with Crippen molar-refractivity contribution in [2.75, 3.05) is 13.1 Å². The molecule has 19 heavy (non-hydrogen) atoms. The van der Waals surface area contributed by atoms with Gasteiger partial charge in [-0.05, 0) is 25.9 Å². The van der Waals surface area contributed by atoms with Crippen molar-refractivity contribution in [2.45, 2.75) is 51.1 Å². The van der Waals surface area contributed by atoms with Gasteiger partial charge in [-0.3, -0.25) is 20.7 Å². The summed E-state index contributed by atoms with van der Waals surface area (Å²) in [5.74, 6) is 5.87. The van der Waals surface area contributed by atoms with Crippen molar-refractivity contribution in [3.05, 3.63) is 24.3 Å². The number of nitrogens with two attached hydrogens (primary N) is 1. The third-order valence-corrected chi connectivity index (χ3v) is 4.45. The van der Waals surface area contributed by atoms with E-state index in [4.69, 9.17) is 5.84 Å². The monoisotopic (exact) mass is 263 g/mol. The van der Waals surface area contributed by atoms with Gasteiger partial charge in [-0.25, -0.2) is 5.43 Å². The Morgan fingerprint density at radius 2 is 2.00 bits per heavy atom. The van der Waals surface area contributed by atoms with E-state index in [0.717, 1.165) is 18.8 Å². The minimum Gasteiger partial charge on any atom is -0.296 e. The van der Waals surface area contributed by atoms with E-state index in [1.807, 2.05) is 6.20 Å². The summed E-state index contributed by atoms with van der Waals surface area (Å²) in [7, 11) is 0. The molecule has 5 heteroatoms. The molecule has 1 heterocycles. The van der Waals surface area contributed by atoms with E-state index >= 15 is 0 Å². The highest BCUT2D eigenvalue weighted by molar-refractivity contribution is 5.14. The van der Waals surface area contributed by atoms with Crippen molar-refractivity contribution in [1.29, 1.82) is 0 Å². The van der Waals surface area contributed by atoms with Crippen molar-refractivity contribution < 1.29 is 0 Å². The summed E-state index contributed by atoms with van der Waals surface area (Å²) < 4.78 is 0. The molecule has 0 bridgehead atoms. The molecule has 3 N–H and O–H groups in total. The topological polar surface area (TPSA) is 67.1 Å². The number of rotatable bonds is 6. The second kappa shape index (κ2) is 6.41. The van der Waals surface area contributed by atoms with E-state index in [2.05, 4.69) is 34.1 Å². The summed E-state index contributed by atoms with van der Waals surface area (Å²) in [5.41, 5.74) is 4.03. The number of aromatic nitrogens is 2. The largest absolute Gasteiger partial charge is 0.296 e. The fourth-order valence-corrected chi connectivity index (χ4v) is 3.60. The van der Waals surface area contributed by atoms with E-state index in [9.17, 15) is 0 Å². The second-order valence-corrected chi connectivity index (χ2v) is 5.21. The molecule has 0 radical (unpaired) electrons. The summed E-state index contributed by atoms with van der Waals surface area (Å²) in [6, 6.07) is 0.0450. The van der Waals surface area contributed by atoms with Crippen LogP contribution >= 0.6 is 0 Å². The summed E-state index contributed by atoms with van der Waals surface area (Å²) in [5, 5.41) is 0. The van der Waals surface area contributed by atoms with Gasteiger partial charge in [0.05, 0.1) is 17.9 Å². The molecular weight excluding hydrogens is 238 g/mol. The predicted molar refractivity (Wildman–Crippen MR) is 76.2 cm³/mol. The van der Waals surface area contributed by atoms with Crippen LogP contribution in [0.25, 0.3) is 0 Å². The fourth-order valence-electron chi connectivity index (χ4n) is 3.60. The number of hydrogen-bond donors (Lipinski definition) is 2. The van der Waals surface area contributed by atoms with Crippen molar-refractivity contribution in [2.24, 2.45) is 5.84 Å². The molecule has 0 aromatic carbocycles. The van der Waals surface area contributed by atoms with Crippen LogP contribution in [0.5, 0.6) is 0 Å². The average Bonchev–Trinajstić information content (AvgIpc) is 2.92. The predicted octanol–water partition coefficient (Wildman–Crippen LogP) is 1.64. The Hall–Kier alpha value is -1.04. The molecule has 0 spiro atoms. The first-order valence-corrected chi connectivity index (χ1v) is 7.25. The molecule has 1 atom stereocenters. The maximum Gasteiger partial charge on any atom is 0.0831 e. The van der Waals surface area contributed by atoms with Crippen LogP contribution in [0.4, 0.5) is 0 Å². The highest BCUT2D eigenvalue weighted by atomic mass is 15.3. The molecule has 1 aromatic rings. The summed E-state index contributed by atoms with van der Waals surface area (Å²) >= 11 is 0. The van der Waals surface area contributed by atoms with Gasteiger partial charge in [0.2, 0.25) is 0 Å². The minimum atomic E-state index is 0.0450. The Morgan fingerprint density at radius 1 is 1.32 bits per heavy atom. The minimum absolute atomic E-state index is 0.0450. The van der Waals surface area contributed by atoms with Crippen LogP contribution in [0.1, 0.15) is 51.3 Å². The molecule has 1 aromatic heterocycles. The van der Waals surface area contributed by atoms with Crippen LogP contribution < -0.4 is 11.3 Å². The zero-order valence-electron chi connectivity index (χ0n) is 12.0. The van der Waals surface area contributed by atoms with E-state index in [0.29, 0.717) is 0 Å². The third-order valence-electron chi connectivity index (χ3n) is 4.45. The lowest BCUT2D eigenvalue weighted by molar-refractivity contribution is 0.0609. The Bertz CT molecular complexity index is 371. The van der Waals surface area contributed by atoms with E-state index in [1.165, 1.54) is 25.7 Å². The van der Waals surface area contributed by atoms with Crippen molar-refractivity contribution in [3.8, 4) is 0 Å². The first-order valence-electron chi connectivity index (χ1n) is 7.25. The lowest BCUT2D eigenvalue weighted by Gasteiger charge is -2.45. The quantitative estimate of drug-likeness (QED) is 0.603. The summed E-state index contributed by atoms with van der Waals surface area (Å²) in [6.07, 6.45) is 10.1. The fraction of sp³-hybridized carbons (Fsp3) is 0.714. The van der Waals surface area contributed by atoms with Crippen LogP contribution in [0.15, 0.2) is 18.6 Å². The Morgan fingerprint density at radius 3 is 2.47 bits per heavy atom. The zero-order valence-corrected chi connectivity index (χ0v) is 12.0. The number of nitrogens with one attached hydrogen (secondary N) is 1. The van der Waals surface area contributed by atoms with Crippen LogP contribution in [0.2, 0.25) is 0 Å². The number of hydrazine groups is 1. The number of likely N-dealkylation sites (N-methyl/N-ethyl adjacent to an activating group) is 1. The van der Waals surface area contributed by atoms with Crippen molar-refractivity contribution in [3.63, 3.8) is 0 Å². The molecule has 2 rings (SSSR count). The zero-order chi connectivity index (χ0) is 13.7. The van der Waals surface area contributed by atoms with Crippen LogP contribution in [0, 0.1) is 0 Å². The molecule has 1 aliphatic rings. The van der Waals surface area contributed by atoms with Gasteiger partial charge in [-0.15, -0.1) is 0 Å². The molecule has 1 unspecified atom stereocenters. The molecular formula is C14H25N5.